The van der Waals surface area contributed by atoms with E-state index in [0.717, 1.165) is 55.6 Å². The summed E-state index contributed by atoms with van der Waals surface area (Å²) in [5, 5.41) is 3.34. The number of carbonyl (C=O) groups excluding carboxylic acids is 2. The van der Waals surface area contributed by atoms with Crippen molar-refractivity contribution in [3.05, 3.63) is 56.3 Å². The average molecular weight is 523 g/mol. The molecule has 1 aromatic heterocycles. The lowest BCUT2D eigenvalue weighted by Crippen LogP contribution is -2.53. The van der Waals surface area contributed by atoms with Gasteiger partial charge in [0.15, 0.2) is 0 Å². The molecular weight excluding hydrogens is 480 g/mol. The molecule has 2 aliphatic carbocycles. The van der Waals surface area contributed by atoms with Gasteiger partial charge in [-0.15, -0.1) is 11.3 Å². The largest absolute Gasteiger partial charge is 0.444 e. The second kappa shape index (κ2) is 10.1. The molecule has 0 radical (unpaired) electrons. The maximum absolute atomic E-state index is 13.3. The van der Waals surface area contributed by atoms with Crippen LogP contribution in [0.1, 0.15) is 108 Å². The first kappa shape index (κ1) is 26.3. The summed E-state index contributed by atoms with van der Waals surface area (Å²) in [5.41, 5.74) is 4.75. The van der Waals surface area contributed by atoms with E-state index in [2.05, 4.69) is 43.4 Å². The van der Waals surface area contributed by atoms with Gasteiger partial charge in [-0.1, -0.05) is 30.7 Å². The van der Waals surface area contributed by atoms with Crippen molar-refractivity contribution in [3.63, 3.8) is 0 Å². The SMILES string of the molecule is Cc1sc(C)c(C(=O)NC2CC3(CCC3)C2)c1Cc1ccc(C2CCN(C(=O)OC(C)(C)C)CC2)cc1. The molecular formula is C31H42N2O3S. The molecule has 2 amide bonds. The number of thiophene rings is 1. The van der Waals surface area contributed by atoms with Crippen molar-refractivity contribution in [2.45, 2.75) is 104 Å². The van der Waals surface area contributed by atoms with Crippen molar-refractivity contribution in [1.82, 2.24) is 10.2 Å². The zero-order chi connectivity index (χ0) is 26.4. The van der Waals surface area contributed by atoms with Gasteiger partial charge in [0, 0.05) is 28.9 Å². The van der Waals surface area contributed by atoms with Crippen LogP contribution < -0.4 is 5.32 Å². The average Bonchev–Trinajstić information content (AvgIpc) is 3.06. The van der Waals surface area contributed by atoms with Gasteiger partial charge >= 0.3 is 6.09 Å². The Kier molecular flexibility index (Phi) is 7.16. The number of likely N-dealkylation sites (tertiary alicyclic amines) is 1. The number of ether oxygens (including phenoxy) is 1. The number of piperidine rings is 1. The Morgan fingerprint density at radius 3 is 2.27 bits per heavy atom. The summed E-state index contributed by atoms with van der Waals surface area (Å²) in [6.07, 6.45) is 8.86. The second-order valence-corrected chi connectivity index (χ2v) is 14.1. The zero-order valence-electron chi connectivity index (χ0n) is 23.1. The smallest absolute Gasteiger partial charge is 0.410 e. The van der Waals surface area contributed by atoms with Gasteiger partial charge in [-0.05, 0) is 108 Å². The van der Waals surface area contributed by atoms with Gasteiger partial charge in [0.1, 0.15) is 5.60 Å². The normalized spacial score (nSPS) is 19.9. The number of nitrogens with one attached hydrogen (secondary N) is 1. The zero-order valence-corrected chi connectivity index (χ0v) is 23.9. The van der Waals surface area contributed by atoms with Gasteiger partial charge in [0.25, 0.3) is 5.91 Å². The van der Waals surface area contributed by atoms with E-state index in [0.29, 0.717) is 17.4 Å². The predicted molar refractivity (Wildman–Crippen MR) is 150 cm³/mol. The van der Waals surface area contributed by atoms with Crippen LogP contribution in [0.5, 0.6) is 0 Å². The van der Waals surface area contributed by atoms with Gasteiger partial charge in [-0.2, -0.15) is 0 Å². The highest BCUT2D eigenvalue weighted by Crippen LogP contribution is 2.55. The molecule has 1 aromatic carbocycles. The minimum atomic E-state index is -0.459. The lowest BCUT2D eigenvalue weighted by Gasteiger charge is -2.54. The van der Waals surface area contributed by atoms with Crippen molar-refractivity contribution in [2.75, 3.05) is 13.1 Å². The summed E-state index contributed by atoms with van der Waals surface area (Å²) in [6, 6.07) is 9.26. The Bertz CT molecular complexity index is 1140. The number of aryl methyl sites for hydroxylation is 2. The van der Waals surface area contributed by atoms with Crippen LogP contribution in [-0.2, 0) is 11.2 Å². The van der Waals surface area contributed by atoms with Crippen LogP contribution in [0.4, 0.5) is 4.79 Å². The Morgan fingerprint density at radius 2 is 1.70 bits per heavy atom. The predicted octanol–water partition coefficient (Wildman–Crippen LogP) is 7.13. The van der Waals surface area contributed by atoms with E-state index in [4.69, 9.17) is 4.74 Å². The van der Waals surface area contributed by atoms with Crippen LogP contribution in [0.15, 0.2) is 24.3 Å². The van der Waals surface area contributed by atoms with Gasteiger partial charge in [0.05, 0.1) is 5.56 Å². The molecule has 1 N–H and O–H groups in total. The van der Waals surface area contributed by atoms with Crippen molar-refractivity contribution in [1.29, 1.82) is 0 Å². The van der Waals surface area contributed by atoms with Crippen LogP contribution in [0.2, 0.25) is 0 Å². The number of hydrogen-bond donors (Lipinski definition) is 1. The van der Waals surface area contributed by atoms with Gasteiger partial charge in [0.2, 0.25) is 0 Å². The molecule has 3 fully saturated rings. The molecule has 2 saturated carbocycles. The third-order valence-corrected chi connectivity index (χ3v) is 9.76. The number of rotatable bonds is 5. The van der Waals surface area contributed by atoms with Gasteiger partial charge < -0.3 is 15.0 Å². The number of benzene rings is 1. The van der Waals surface area contributed by atoms with E-state index in [1.165, 1.54) is 40.8 Å². The molecule has 1 spiro atoms. The summed E-state index contributed by atoms with van der Waals surface area (Å²) < 4.78 is 5.54. The maximum Gasteiger partial charge on any atom is 0.410 e. The van der Waals surface area contributed by atoms with E-state index >= 15 is 0 Å². The quantitative estimate of drug-likeness (QED) is 0.454. The van der Waals surface area contributed by atoms with Gasteiger partial charge in [-0.3, -0.25) is 4.79 Å². The molecule has 3 aliphatic rings. The molecule has 1 aliphatic heterocycles. The summed E-state index contributed by atoms with van der Waals surface area (Å²) in [4.78, 5) is 29.9. The number of nitrogens with zero attached hydrogens (tertiary/aromatic N) is 1. The third kappa shape index (κ3) is 5.74. The first-order valence-electron chi connectivity index (χ1n) is 14.0. The van der Waals surface area contributed by atoms with Crippen LogP contribution in [0.3, 0.4) is 0 Å². The highest BCUT2D eigenvalue weighted by atomic mass is 32.1. The first-order valence-corrected chi connectivity index (χ1v) is 14.8. The van der Waals surface area contributed by atoms with E-state index < -0.39 is 5.60 Å². The maximum atomic E-state index is 13.3. The Morgan fingerprint density at radius 1 is 1.05 bits per heavy atom. The van der Waals surface area contributed by atoms with Crippen molar-refractivity contribution >= 4 is 23.3 Å². The van der Waals surface area contributed by atoms with Crippen LogP contribution in [-0.4, -0.2) is 41.6 Å². The Labute approximate surface area is 226 Å². The lowest BCUT2D eigenvalue weighted by atomic mass is 9.54. The van der Waals surface area contributed by atoms with E-state index in [-0.39, 0.29) is 12.0 Å². The van der Waals surface area contributed by atoms with Crippen molar-refractivity contribution in [2.24, 2.45) is 5.41 Å². The van der Waals surface area contributed by atoms with E-state index in [1.54, 1.807) is 11.3 Å². The highest BCUT2D eigenvalue weighted by Gasteiger charge is 2.48. The number of carbonyl (C=O) groups is 2. The highest BCUT2D eigenvalue weighted by molar-refractivity contribution is 7.12. The molecule has 2 heterocycles. The minimum Gasteiger partial charge on any atom is -0.444 e. The number of hydrogen-bond acceptors (Lipinski definition) is 4. The van der Waals surface area contributed by atoms with Crippen molar-refractivity contribution in [3.8, 4) is 0 Å². The Balaban J connectivity index is 1.19. The second-order valence-electron chi connectivity index (χ2n) is 12.7. The molecule has 37 heavy (non-hydrogen) atoms. The summed E-state index contributed by atoms with van der Waals surface area (Å²) in [6.45, 7) is 11.4. The molecule has 0 unspecified atom stereocenters. The molecule has 0 atom stereocenters. The van der Waals surface area contributed by atoms with Crippen molar-refractivity contribution < 1.29 is 14.3 Å². The molecule has 6 heteroatoms. The molecule has 0 bridgehead atoms. The van der Waals surface area contributed by atoms with Crippen LogP contribution >= 0.6 is 11.3 Å². The topological polar surface area (TPSA) is 58.6 Å². The standard InChI is InChI=1S/C31H42N2O3S/c1-20-26(27(21(2)37-20)28(34)32-25-18-31(19-25)13-6-14-31)17-22-7-9-23(10-8-22)24-11-15-33(16-12-24)29(35)36-30(3,4)5/h7-10,24-25H,6,11-19H2,1-5H3,(H,32,34). The summed E-state index contributed by atoms with van der Waals surface area (Å²) >= 11 is 1.74. The van der Waals surface area contributed by atoms with Crippen LogP contribution in [0.25, 0.3) is 0 Å². The fraction of sp³-hybridized carbons (Fsp3) is 0.613. The molecule has 200 valence electrons. The summed E-state index contributed by atoms with van der Waals surface area (Å²) in [7, 11) is 0. The monoisotopic (exact) mass is 522 g/mol. The molecule has 5 nitrogen and oxygen atoms in total. The first-order chi connectivity index (χ1) is 17.5. The minimum absolute atomic E-state index is 0.115. The summed E-state index contributed by atoms with van der Waals surface area (Å²) in [5.74, 6) is 0.574. The van der Waals surface area contributed by atoms with E-state index in [9.17, 15) is 9.59 Å². The number of amides is 2. The lowest BCUT2D eigenvalue weighted by molar-refractivity contribution is -0.000651. The fourth-order valence-corrected chi connectivity index (χ4v) is 7.58. The van der Waals surface area contributed by atoms with Crippen LogP contribution in [0, 0.1) is 19.3 Å². The fourth-order valence-electron chi connectivity index (χ4n) is 6.50. The molecule has 2 aromatic rings. The van der Waals surface area contributed by atoms with Gasteiger partial charge in [-0.25, -0.2) is 4.79 Å². The van der Waals surface area contributed by atoms with E-state index in [1.807, 2.05) is 25.7 Å². The molecule has 5 rings (SSSR count). The molecule has 1 saturated heterocycles. The Hall–Kier alpha value is -2.34. The third-order valence-electron chi connectivity index (χ3n) is 8.70.